The van der Waals surface area contributed by atoms with Gasteiger partial charge in [0.05, 0.1) is 0 Å². The van der Waals surface area contributed by atoms with Crippen LogP contribution >= 0.6 is 11.8 Å². The lowest BCUT2D eigenvalue weighted by Gasteiger charge is -2.27. The topological polar surface area (TPSA) is 50.5 Å². The predicted molar refractivity (Wildman–Crippen MR) is 133 cm³/mol. The number of carbonyl (C=O) groups is 2. The molecule has 2 heterocycles. The van der Waals surface area contributed by atoms with E-state index in [1.807, 2.05) is 51.1 Å². The quantitative estimate of drug-likeness (QED) is 0.480. The first-order valence-corrected chi connectivity index (χ1v) is 12.4. The summed E-state index contributed by atoms with van der Waals surface area (Å²) in [5.74, 6) is 0.542. The summed E-state index contributed by atoms with van der Waals surface area (Å²) in [7, 11) is 2.07. The van der Waals surface area contributed by atoms with E-state index in [0.29, 0.717) is 18.7 Å². The molecular formula is C27H31N2O3S+. The van der Waals surface area contributed by atoms with Crippen molar-refractivity contribution in [2.45, 2.75) is 51.0 Å². The fraction of sp³-hybridized carbons (Fsp3) is 0.370. The van der Waals surface area contributed by atoms with Gasteiger partial charge in [-0.2, -0.15) is 4.57 Å². The Hall–Kier alpha value is -2.86. The zero-order valence-corrected chi connectivity index (χ0v) is 20.5. The first-order valence-electron chi connectivity index (χ1n) is 11.4. The Labute approximate surface area is 199 Å². The second-order valence-electron chi connectivity index (χ2n) is 9.44. The number of amides is 1. The van der Waals surface area contributed by atoms with Crippen molar-refractivity contribution in [3.05, 3.63) is 66.2 Å². The number of benzene rings is 2. The average Bonchev–Trinajstić information content (AvgIpc) is 3.27. The van der Waals surface area contributed by atoms with Crippen molar-refractivity contribution < 1.29 is 18.9 Å². The van der Waals surface area contributed by atoms with Crippen LogP contribution in [0.1, 0.15) is 39.2 Å². The van der Waals surface area contributed by atoms with E-state index in [2.05, 4.69) is 41.9 Å². The summed E-state index contributed by atoms with van der Waals surface area (Å²) >= 11 is 1.29. The number of hydrogen-bond donors (Lipinski definition) is 0. The van der Waals surface area contributed by atoms with Gasteiger partial charge >= 0.3 is 6.09 Å². The minimum Gasteiger partial charge on any atom is -0.444 e. The maximum absolute atomic E-state index is 13.2. The van der Waals surface area contributed by atoms with Crippen molar-refractivity contribution in [2.24, 2.45) is 7.05 Å². The number of para-hydroxylation sites is 1. The number of carbonyl (C=O) groups excluding carboxylic acids is 2. The first-order chi connectivity index (χ1) is 15.7. The smallest absolute Gasteiger partial charge is 0.410 e. The third-order valence-corrected chi connectivity index (χ3v) is 6.85. The molecule has 3 aromatic rings. The molecule has 1 amide bonds. The standard InChI is InChI=1S/C27H31N2O3S/c1-27(2,3)32-26(31)29-16-10-15-23(29)25(30)33-18-21-17-20-13-8-9-14-22(20)28(4)24(21)19-11-6-5-7-12-19/h5-9,11-14,17,23H,10,15-16,18H2,1-4H3/q+1/t23-/m1/s1. The highest BCUT2D eigenvalue weighted by Gasteiger charge is 2.37. The van der Waals surface area contributed by atoms with Crippen molar-refractivity contribution >= 4 is 33.9 Å². The molecule has 1 aliphatic rings. The molecule has 6 heteroatoms. The van der Waals surface area contributed by atoms with E-state index in [1.165, 1.54) is 11.8 Å². The van der Waals surface area contributed by atoms with E-state index in [9.17, 15) is 9.59 Å². The van der Waals surface area contributed by atoms with Crippen molar-refractivity contribution in [1.82, 2.24) is 4.90 Å². The maximum atomic E-state index is 13.2. The lowest BCUT2D eigenvalue weighted by molar-refractivity contribution is -0.633. The summed E-state index contributed by atoms with van der Waals surface area (Å²) in [5, 5.41) is 1.16. The highest BCUT2D eigenvalue weighted by molar-refractivity contribution is 8.13. The van der Waals surface area contributed by atoms with Crippen LogP contribution in [0.5, 0.6) is 0 Å². The number of fused-ring (bicyclic) bond motifs is 1. The number of pyridine rings is 1. The molecule has 0 aliphatic carbocycles. The number of likely N-dealkylation sites (tertiary alicyclic amines) is 1. The summed E-state index contributed by atoms with van der Waals surface area (Å²) in [6.07, 6.45) is 1.10. The summed E-state index contributed by atoms with van der Waals surface area (Å²) in [4.78, 5) is 27.4. The van der Waals surface area contributed by atoms with Crippen LogP contribution < -0.4 is 4.57 Å². The molecule has 0 unspecified atom stereocenters. The average molecular weight is 464 g/mol. The zero-order chi connectivity index (χ0) is 23.6. The molecule has 4 rings (SSSR count). The minimum atomic E-state index is -0.579. The fourth-order valence-electron chi connectivity index (χ4n) is 4.39. The molecule has 172 valence electrons. The van der Waals surface area contributed by atoms with Crippen molar-refractivity contribution in [1.29, 1.82) is 0 Å². The van der Waals surface area contributed by atoms with Crippen molar-refractivity contribution in [3.63, 3.8) is 0 Å². The number of aryl methyl sites for hydroxylation is 1. The van der Waals surface area contributed by atoms with Crippen LogP contribution in [0.2, 0.25) is 0 Å². The Balaban J connectivity index is 1.59. The highest BCUT2D eigenvalue weighted by Crippen LogP contribution is 2.30. The number of nitrogens with zero attached hydrogens (tertiary/aromatic N) is 2. The lowest BCUT2D eigenvalue weighted by Crippen LogP contribution is -2.42. The van der Waals surface area contributed by atoms with Crippen LogP contribution in [0.25, 0.3) is 22.2 Å². The molecule has 1 aliphatic heterocycles. The predicted octanol–water partition coefficient (Wildman–Crippen LogP) is 5.49. The zero-order valence-electron chi connectivity index (χ0n) is 19.7. The summed E-state index contributed by atoms with van der Waals surface area (Å²) in [6, 6.07) is 20.3. The number of hydrogen-bond acceptors (Lipinski definition) is 4. The van der Waals surface area contributed by atoms with E-state index >= 15 is 0 Å². The molecule has 33 heavy (non-hydrogen) atoms. The number of aromatic nitrogens is 1. The second kappa shape index (κ2) is 9.56. The first kappa shape index (κ1) is 23.3. The Morgan fingerprint density at radius 1 is 1.09 bits per heavy atom. The fourth-order valence-corrected chi connectivity index (χ4v) is 5.34. The van der Waals surface area contributed by atoms with E-state index in [0.717, 1.165) is 34.1 Å². The second-order valence-corrected chi connectivity index (χ2v) is 10.4. The minimum absolute atomic E-state index is 0.0215. The van der Waals surface area contributed by atoms with E-state index in [4.69, 9.17) is 4.74 Å². The Morgan fingerprint density at radius 2 is 1.79 bits per heavy atom. The normalized spacial score (nSPS) is 16.2. The van der Waals surface area contributed by atoms with Gasteiger partial charge in [-0.05, 0) is 57.9 Å². The lowest BCUT2D eigenvalue weighted by atomic mass is 10.0. The van der Waals surface area contributed by atoms with Crippen LogP contribution in [-0.2, 0) is 22.3 Å². The molecule has 0 bridgehead atoms. The van der Waals surface area contributed by atoms with E-state index < -0.39 is 17.7 Å². The Kier molecular flexibility index (Phi) is 6.75. The number of rotatable bonds is 4. The SMILES string of the molecule is C[n+]1c(-c2ccccc2)c(CSC(=O)[C@H]2CCCN2C(=O)OC(C)(C)C)cc2ccccc21. The third-order valence-electron chi connectivity index (χ3n) is 5.84. The molecule has 0 radical (unpaired) electrons. The molecule has 0 N–H and O–H groups in total. The molecule has 1 fully saturated rings. The van der Waals surface area contributed by atoms with Crippen molar-refractivity contribution in [3.8, 4) is 11.3 Å². The van der Waals surface area contributed by atoms with E-state index in [1.54, 1.807) is 4.90 Å². The molecule has 2 aromatic carbocycles. The largest absolute Gasteiger partial charge is 0.444 e. The van der Waals surface area contributed by atoms with Gasteiger partial charge in [0.25, 0.3) is 0 Å². The maximum Gasteiger partial charge on any atom is 0.410 e. The third kappa shape index (κ3) is 5.22. The van der Waals surface area contributed by atoms with Gasteiger partial charge in [0.2, 0.25) is 16.3 Å². The van der Waals surface area contributed by atoms with Crippen LogP contribution in [-0.4, -0.2) is 34.3 Å². The van der Waals surface area contributed by atoms with Crippen molar-refractivity contribution in [2.75, 3.05) is 6.54 Å². The van der Waals surface area contributed by atoms with Crippen LogP contribution in [0, 0.1) is 0 Å². The van der Waals surface area contributed by atoms with Crippen LogP contribution in [0.4, 0.5) is 4.79 Å². The van der Waals surface area contributed by atoms with Gasteiger partial charge in [-0.1, -0.05) is 42.1 Å². The molecule has 1 atom stereocenters. The molecular weight excluding hydrogens is 432 g/mol. The van der Waals surface area contributed by atoms with Gasteiger partial charge < -0.3 is 4.74 Å². The monoisotopic (exact) mass is 463 g/mol. The molecule has 0 saturated carbocycles. The van der Waals surface area contributed by atoms with Gasteiger partial charge in [-0.15, -0.1) is 0 Å². The van der Waals surface area contributed by atoms with Crippen LogP contribution in [0.3, 0.4) is 0 Å². The molecule has 0 spiro atoms. The number of ether oxygens (including phenoxy) is 1. The molecule has 1 aromatic heterocycles. The van der Waals surface area contributed by atoms with Gasteiger partial charge in [-0.25, -0.2) is 4.79 Å². The van der Waals surface area contributed by atoms with Gasteiger partial charge in [0.1, 0.15) is 18.7 Å². The Morgan fingerprint density at radius 3 is 2.52 bits per heavy atom. The highest BCUT2D eigenvalue weighted by atomic mass is 32.2. The summed E-state index contributed by atoms with van der Waals surface area (Å²) in [6.45, 7) is 6.10. The summed E-state index contributed by atoms with van der Waals surface area (Å²) < 4.78 is 7.73. The van der Waals surface area contributed by atoms with Crippen LogP contribution in [0.15, 0.2) is 60.7 Å². The number of thioether (sulfide) groups is 1. The van der Waals surface area contributed by atoms with Gasteiger partial charge in [0.15, 0.2) is 0 Å². The van der Waals surface area contributed by atoms with Gasteiger partial charge in [0, 0.05) is 34.9 Å². The van der Waals surface area contributed by atoms with E-state index in [-0.39, 0.29) is 5.12 Å². The summed E-state index contributed by atoms with van der Waals surface area (Å²) in [5.41, 5.74) is 3.88. The Bertz CT molecular complexity index is 1170. The van der Waals surface area contributed by atoms with Gasteiger partial charge in [-0.3, -0.25) is 9.69 Å². The molecule has 1 saturated heterocycles. The molecule has 5 nitrogen and oxygen atoms in total.